The van der Waals surface area contributed by atoms with E-state index in [1.165, 1.54) is 30.3 Å². The molecule has 1 aromatic heterocycles. The third kappa shape index (κ3) is 3.85. The molecule has 1 saturated heterocycles. The number of aromatic hydroxyl groups is 2. The van der Waals surface area contributed by atoms with Crippen molar-refractivity contribution in [3.8, 4) is 28.6 Å². The normalized spacial score (nSPS) is 25.5. The molecule has 3 aromatic rings. The first-order valence-electron chi connectivity index (χ1n) is 9.35. The van der Waals surface area contributed by atoms with Gasteiger partial charge < -0.3 is 44.5 Å². The van der Waals surface area contributed by atoms with Crippen molar-refractivity contribution < 1.29 is 49.3 Å². The van der Waals surface area contributed by atoms with Gasteiger partial charge in [0.15, 0.2) is 11.5 Å². The van der Waals surface area contributed by atoms with E-state index in [1.54, 1.807) is 0 Å². The van der Waals surface area contributed by atoms with Gasteiger partial charge in [-0.25, -0.2) is 4.79 Å². The molecular formula is C21H18O11. The van der Waals surface area contributed by atoms with E-state index in [4.69, 9.17) is 19.0 Å². The summed E-state index contributed by atoms with van der Waals surface area (Å²) in [5.41, 5.74) is -0.173. The topological polar surface area (TPSA) is 187 Å². The molecule has 0 spiro atoms. The fourth-order valence-electron chi connectivity index (χ4n) is 3.36. The standard InChI is InChI=1S/C21H18O11/c22-9-3-1-8(2-4-9)13-7-12(24)15-11(23)5-10(6-14(15)31-13)30-21-18(27)16(25)17(26)19(32-21)20(28)29/h1-7,16-19,21-23,25-27H,(H,28,29)/t16-,17+,18+,19+,21+/m0/s1. The fraction of sp³-hybridized carbons (Fsp3) is 0.238. The lowest BCUT2D eigenvalue weighted by Crippen LogP contribution is -2.61. The van der Waals surface area contributed by atoms with E-state index in [0.29, 0.717) is 5.56 Å². The minimum atomic E-state index is -1.89. The number of phenolic OH excluding ortho intramolecular Hbond substituents is 2. The molecule has 0 unspecified atom stereocenters. The third-order valence-electron chi connectivity index (χ3n) is 5.00. The first-order valence-corrected chi connectivity index (χ1v) is 9.35. The van der Waals surface area contributed by atoms with Gasteiger partial charge in [0.1, 0.15) is 52.3 Å². The summed E-state index contributed by atoms with van der Waals surface area (Å²) in [5.74, 6) is -2.11. The second-order valence-corrected chi connectivity index (χ2v) is 7.19. The van der Waals surface area contributed by atoms with Gasteiger partial charge in [-0.2, -0.15) is 0 Å². The molecule has 168 valence electrons. The van der Waals surface area contributed by atoms with Crippen molar-refractivity contribution in [1.29, 1.82) is 0 Å². The number of hydrogen-bond donors (Lipinski definition) is 6. The number of aliphatic hydroxyl groups excluding tert-OH is 3. The lowest BCUT2D eigenvalue weighted by atomic mass is 9.99. The summed E-state index contributed by atoms with van der Waals surface area (Å²) >= 11 is 0. The van der Waals surface area contributed by atoms with Crippen LogP contribution < -0.4 is 10.2 Å². The van der Waals surface area contributed by atoms with Gasteiger partial charge in [-0.15, -0.1) is 0 Å². The Bertz CT molecular complexity index is 1220. The van der Waals surface area contributed by atoms with Gasteiger partial charge in [-0.1, -0.05) is 0 Å². The number of benzene rings is 2. The summed E-state index contributed by atoms with van der Waals surface area (Å²) < 4.78 is 16.1. The molecule has 0 radical (unpaired) electrons. The van der Waals surface area contributed by atoms with Gasteiger partial charge in [0.2, 0.25) is 6.29 Å². The predicted octanol–water partition coefficient (Wildman–Crippen LogP) is 0.142. The molecular weight excluding hydrogens is 428 g/mol. The summed E-state index contributed by atoms with van der Waals surface area (Å²) in [6, 6.07) is 9.24. The highest BCUT2D eigenvalue weighted by Gasteiger charge is 2.48. The van der Waals surface area contributed by atoms with Crippen LogP contribution in [0.25, 0.3) is 22.3 Å². The number of carbonyl (C=O) groups is 1. The zero-order chi connectivity index (χ0) is 23.2. The average molecular weight is 446 g/mol. The summed E-state index contributed by atoms with van der Waals surface area (Å²) in [4.78, 5) is 23.7. The minimum Gasteiger partial charge on any atom is -0.508 e. The number of carboxylic acids is 1. The van der Waals surface area contributed by atoms with Gasteiger partial charge in [-0.05, 0) is 24.3 Å². The van der Waals surface area contributed by atoms with Gasteiger partial charge >= 0.3 is 5.97 Å². The molecule has 2 aromatic carbocycles. The van der Waals surface area contributed by atoms with Gasteiger partial charge in [-0.3, -0.25) is 4.79 Å². The summed E-state index contributed by atoms with van der Waals surface area (Å²) in [7, 11) is 0. The maximum Gasteiger partial charge on any atom is 0.335 e. The molecule has 0 bridgehead atoms. The van der Waals surface area contributed by atoms with Crippen LogP contribution >= 0.6 is 0 Å². The van der Waals surface area contributed by atoms with Crippen LogP contribution in [-0.2, 0) is 9.53 Å². The van der Waals surface area contributed by atoms with Gasteiger partial charge in [0.25, 0.3) is 0 Å². The number of carboxylic acid groups (broad SMARTS) is 1. The molecule has 6 N–H and O–H groups in total. The molecule has 2 heterocycles. The van der Waals surface area contributed by atoms with Gasteiger partial charge in [0, 0.05) is 23.8 Å². The zero-order valence-corrected chi connectivity index (χ0v) is 16.2. The van der Waals surface area contributed by atoms with Crippen molar-refractivity contribution in [2.45, 2.75) is 30.7 Å². The lowest BCUT2D eigenvalue weighted by Gasteiger charge is -2.38. The second-order valence-electron chi connectivity index (χ2n) is 7.19. The van der Waals surface area contributed by atoms with E-state index in [9.17, 15) is 35.1 Å². The monoisotopic (exact) mass is 446 g/mol. The first kappa shape index (κ1) is 21.6. The Morgan fingerprint density at radius 2 is 1.62 bits per heavy atom. The van der Waals surface area contributed by atoms with Crippen LogP contribution in [0.15, 0.2) is 51.7 Å². The van der Waals surface area contributed by atoms with Gasteiger partial charge in [0.05, 0.1) is 0 Å². The lowest BCUT2D eigenvalue weighted by molar-refractivity contribution is -0.271. The van der Waals surface area contributed by atoms with E-state index in [-0.39, 0.29) is 28.2 Å². The highest BCUT2D eigenvalue weighted by Crippen LogP contribution is 2.33. The predicted molar refractivity (Wildman–Crippen MR) is 106 cm³/mol. The number of fused-ring (bicyclic) bond motifs is 1. The average Bonchev–Trinajstić information content (AvgIpc) is 2.73. The van der Waals surface area contributed by atoms with Crippen molar-refractivity contribution in [3.05, 3.63) is 52.7 Å². The SMILES string of the molecule is O=C(O)[C@@H]1O[C@@H](Oc2cc(O)c3c(=O)cc(-c4ccc(O)cc4)oc3c2)[C@H](O)[C@@H](O)[C@H]1O. The van der Waals surface area contributed by atoms with Crippen LogP contribution in [0.5, 0.6) is 17.2 Å². The van der Waals surface area contributed by atoms with E-state index >= 15 is 0 Å². The largest absolute Gasteiger partial charge is 0.508 e. The summed E-state index contributed by atoms with van der Waals surface area (Å²) in [6.45, 7) is 0. The van der Waals surface area contributed by atoms with Crippen molar-refractivity contribution in [1.82, 2.24) is 0 Å². The van der Waals surface area contributed by atoms with Crippen LogP contribution in [0.3, 0.4) is 0 Å². The zero-order valence-electron chi connectivity index (χ0n) is 16.2. The Kier molecular flexibility index (Phi) is 5.48. The molecule has 5 atom stereocenters. The number of rotatable bonds is 4. The van der Waals surface area contributed by atoms with Crippen LogP contribution in [0.2, 0.25) is 0 Å². The number of hydrogen-bond acceptors (Lipinski definition) is 10. The van der Waals surface area contributed by atoms with E-state index in [1.807, 2.05) is 0 Å². The van der Waals surface area contributed by atoms with E-state index < -0.39 is 47.9 Å². The number of ether oxygens (including phenoxy) is 2. The maximum absolute atomic E-state index is 12.5. The maximum atomic E-state index is 12.5. The summed E-state index contributed by atoms with van der Waals surface area (Å²) in [6.07, 6.45) is -9.15. The van der Waals surface area contributed by atoms with Crippen LogP contribution in [0.4, 0.5) is 0 Å². The Morgan fingerprint density at radius 1 is 0.938 bits per heavy atom. The van der Waals surface area contributed by atoms with E-state index in [2.05, 4.69) is 0 Å². The number of aliphatic hydroxyl groups is 3. The van der Waals surface area contributed by atoms with Crippen molar-refractivity contribution in [3.63, 3.8) is 0 Å². The van der Waals surface area contributed by atoms with E-state index in [0.717, 1.165) is 12.1 Å². The molecule has 11 nitrogen and oxygen atoms in total. The van der Waals surface area contributed by atoms with Crippen LogP contribution in [0.1, 0.15) is 0 Å². The molecule has 1 aliphatic rings. The molecule has 32 heavy (non-hydrogen) atoms. The molecule has 1 aliphatic heterocycles. The summed E-state index contributed by atoms with van der Waals surface area (Å²) in [5, 5.41) is 58.5. The fourth-order valence-corrected chi connectivity index (χ4v) is 3.36. The third-order valence-corrected chi connectivity index (χ3v) is 5.00. The Labute approximate surface area is 178 Å². The molecule has 1 fully saturated rings. The molecule has 0 saturated carbocycles. The Morgan fingerprint density at radius 3 is 2.28 bits per heavy atom. The molecule has 11 heteroatoms. The van der Waals surface area contributed by atoms with Crippen LogP contribution in [-0.4, -0.2) is 67.3 Å². The minimum absolute atomic E-state index is 0.0169. The van der Waals surface area contributed by atoms with Crippen molar-refractivity contribution in [2.75, 3.05) is 0 Å². The van der Waals surface area contributed by atoms with Crippen LogP contribution in [0, 0.1) is 0 Å². The second kappa shape index (κ2) is 8.13. The molecule has 0 amide bonds. The first-order chi connectivity index (χ1) is 15.2. The highest BCUT2D eigenvalue weighted by atomic mass is 16.7. The quantitative estimate of drug-likeness (QED) is 0.320. The Hall–Kier alpha value is -3.64. The number of phenols is 2. The molecule has 0 aliphatic carbocycles. The highest BCUT2D eigenvalue weighted by molar-refractivity contribution is 5.86. The Balaban J connectivity index is 1.71. The number of aliphatic carboxylic acids is 1. The smallest absolute Gasteiger partial charge is 0.335 e. The molecule has 4 rings (SSSR count). The van der Waals surface area contributed by atoms with Crippen molar-refractivity contribution >= 4 is 16.9 Å². The van der Waals surface area contributed by atoms with Crippen molar-refractivity contribution in [2.24, 2.45) is 0 Å².